The van der Waals surface area contributed by atoms with E-state index in [0.29, 0.717) is 5.92 Å². The molecule has 1 saturated heterocycles. The zero-order chi connectivity index (χ0) is 18.1. The molecule has 2 aliphatic rings. The van der Waals surface area contributed by atoms with Crippen molar-refractivity contribution in [1.82, 2.24) is 14.7 Å². The molecule has 0 aliphatic carbocycles. The zero-order valence-electron chi connectivity index (χ0n) is 15.6. The smallest absolute Gasteiger partial charge is 0.257 e. The molecule has 26 heavy (non-hydrogen) atoms. The highest BCUT2D eigenvalue weighted by atomic mass is 16.5. The molecule has 1 amide bonds. The van der Waals surface area contributed by atoms with Crippen LogP contribution in [0.4, 0.5) is 0 Å². The Morgan fingerprint density at radius 3 is 2.81 bits per heavy atom. The third-order valence-corrected chi connectivity index (χ3v) is 5.81. The van der Waals surface area contributed by atoms with Crippen LogP contribution in [-0.2, 0) is 17.7 Å². The fourth-order valence-corrected chi connectivity index (χ4v) is 4.24. The third kappa shape index (κ3) is 3.05. The number of amides is 1. The largest absolute Gasteiger partial charge is 0.381 e. The molecule has 5 nitrogen and oxygen atoms in total. The quantitative estimate of drug-likeness (QED) is 0.848. The van der Waals surface area contributed by atoms with E-state index in [1.165, 1.54) is 11.1 Å². The summed E-state index contributed by atoms with van der Waals surface area (Å²) in [4.78, 5) is 15.5. The molecule has 3 heterocycles. The number of ether oxygens (including phenoxy) is 1. The van der Waals surface area contributed by atoms with E-state index in [4.69, 9.17) is 9.84 Å². The van der Waals surface area contributed by atoms with Crippen molar-refractivity contribution in [1.29, 1.82) is 0 Å². The Labute approximate surface area is 154 Å². The van der Waals surface area contributed by atoms with Gasteiger partial charge in [0.15, 0.2) is 0 Å². The van der Waals surface area contributed by atoms with Gasteiger partial charge < -0.3 is 9.64 Å². The highest BCUT2D eigenvalue weighted by Crippen LogP contribution is 2.33. The molecule has 2 aromatic rings. The number of aromatic nitrogens is 2. The summed E-state index contributed by atoms with van der Waals surface area (Å²) >= 11 is 0. The van der Waals surface area contributed by atoms with Crippen LogP contribution >= 0.6 is 0 Å². The van der Waals surface area contributed by atoms with Crippen LogP contribution in [-0.4, -0.2) is 40.3 Å². The first-order valence-electron chi connectivity index (χ1n) is 9.73. The van der Waals surface area contributed by atoms with Crippen molar-refractivity contribution in [3.8, 4) is 0 Å². The number of rotatable bonds is 3. The van der Waals surface area contributed by atoms with E-state index in [2.05, 4.69) is 38.1 Å². The SMILES string of the molecule is CCn1cc(C(=O)N2CCc3ccccc3C2C)c(C2CCOCC2)n1. The Morgan fingerprint density at radius 1 is 1.27 bits per heavy atom. The van der Waals surface area contributed by atoms with Crippen LogP contribution in [0.15, 0.2) is 30.5 Å². The van der Waals surface area contributed by atoms with Gasteiger partial charge in [0.25, 0.3) is 5.91 Å². The summed E-state index contributed by atoms with van der Waals surface area (Å²) < 4.78 is 7.40. The lowest BCUT2D eigenvalue weighted by atomic mass is 9.91. The molecule has 1 fully saturated rings. The number of nitrogens with zero attached hydrogens (tertiary/aromatic N) is 3. The van der Waals surface area contributed by atoms with E-state index >= 15 is 0 Å². The van der Waals surface area contributed by atoms with Crippen LogP contribution < -0.4 is 0 Å². The van der Waals surface area contributed by atoms with Gasteiger partial charge in [0, 0.05) is 38.4 Å². The van der Waals surface area contributed by atoms with Crippen molar-refractivity contribution in [2.45, 2.75) is 51.6 Å². The van der Waals surface area contributed by atoms with E-state index < -0.39 is 0 Å². The van der Waals surface area contributed by atoms with Gasteiger partial charge in [-0.25, -0.2) is 0 Å². The Morgan fingerprint density at radius 2 is 2.04 bits per heavy atom. The first-order chi connectivity index (χ1) is 12.7. The lowest BCUT2D eigenvalue weighted by Crippen LogP contribution is -2.39. The van der Waals surface area contributed by atoms with Gasteiger partial charge in [0.05, 0.1) is 17.3 Å². The number of carbonyl (C=O) groups is 1. The van der Waals surface area contributed by atoms with Crippen molar-refractivity contribution in [3.63, 3.8) is 0 Å². The summed E-state index contributed by atoms with van der Waals surface area (Å²) in [5.74, 6) is 0.441. The minimum absolute atomic E-state index is 0.0972. The van der Waals surface area contributed by atoms with Crippen LogP contribution in [0.3, 0.4) is 0 Å². The molecular formula is C21H27N3O2. The minimum Gasteiger partial charge on any atom is -0.381 e. The molecule has 0 N–H and O–H groups in total. The predicted octanol–water partition coefficient (Wildman–Crippen LogP) is 3.56. The molecule has 5 heteroatoms. The minimum atomic E-state index is 0.0972. The van der Waals surface area contributed by atoms with Crippen molar-refractivity contribution in [3.05, 3.63) is 52.8 Å². The predicted molar refractivity (Wildman–Crippen MR) is 100 cm³/mol. The van der Waals surface area contributed by atoms with Gasteiger partial charge in [-0.05, 0) is 44.2 Å². The summed E-state index contributed by atoms with van der Waals surface area (Å²) in [5.41, 5.74) is 4.37. The monoisotopic (exact) mass is 353 g/mol. The molecule has 0 spiro atoms. The third-order valence-electron chi connectivity index (χ3n) is 5.81. The second-order valence-corrected chi connectivity index (χ2v) is 7.29. The Hall–Kier alpha value is -2.14. The van der Waals surface area contributed by atoms with Gasteiger partial charge in [0.1, 0.15) is 0 Å². The molecule has 1 atom stereocenters. The lowest BCUT2D eigenvalue weighted by Gasteiger charge is -2.35. The summed E-state index contributed by atoms with van der Waals surface area (Å²) in [6.45, 7) is 7.25. The van der Waals surface area contributed by atoms with E-state index in [-0.39, 0.29) is 11.9 Å². The number of aryl methyl sites for hydroxylation is 1. The van der Waals surface area contributed by atoms with Crippen LogP contribution in [0.1, 0.15) is 65.8 Å². The number of fused-ring (bicyclic) bond motifs is 1. The number of carbonyl (C=O) groups excluding carboxylic acids is 1. The van der Waals surface area contributed by atoms with E-state index in [1.54, 1.807) is 0 Å². The van der Waals surface area contributed by atoms with E-state index in [1.807, 2.05) is 15.8 Å². The van der Waals surface area contributed by atoms with Crippen LogP contribution in [0, 0.1) is 0 Å². The van der Waals surface area contributed by atoms with Gasteiger partial charge >= 0.3 is 0 Å². The lowest BCUT2D eigenvalue weighted by molar-refractivity contribution is 0.0667. The molecule has 1 aromatic carbocycles. The molecular weight excluding hydrogens is 326 g/mol. The standard InChI is InChI=1S/C21H27N3O2/c1-3-23-14-19(20(22-23)17-9-12-26-13-10-17)21(25)24-11-8-16-6-4-5-7-18(16)15(24)2/h4-7,14-15,17H,3,8-13H2,1-2H3. The van der Waals surface area contributed by atoms with E-state index in [9.17, 15) is 4.79 Å². The summed E-state index contributed by atoms with van der Waals surface area (Å²) in [5, 5.41) is 4.75. The highest BCUT2D eigenvalue weighted by molar-refractivity contribution is 5.95. The van der Waals surface area contributed by atoms with Crippen LogP contribution in [0.5, 0.6) is 0 Å². The zero-order valence-corrected chi connectivity index (χ0v) is 15.6. The maximum atomic E-state index is 13.5. The second-order valence-electron chi connectivity index (χ2n) is 7.29. The maximum absolute atomic E-state index is 13.5. The molecule has 138 valence electrons. The van der Waals surface area contributed by atoms with Crippen LogP contribution in [0.25, 0.3) is 0 Å². The second kappa shape index (κ2) is 7.23. The first-order valence-corrected chi connectivity index (χ1v) is 9.73. The summed E-state index contributed by atoms with van der Waals surface area (Å²) in [6, 6.07) is 8.56. The number of hydrogen-bond acceptors (Lipinski definition) is 3. The average Bonchev–Trinajstić information content (AvgIpc) is 3.13. The molecule has 0 radical (unpaired) electrons. The van der Waals surface area contributed by atoms with Crippen LogP contribution in [0.2, 0.25) is 0 Å². The summed E-state index contributed by atoms with van der Waals surface area (Å²) in [6.07, 6.45) is 4.75. The van der Waals surface area contributed by atoms with Gasteiger partial charge in [-0.1, -0.05) is 24.3 Å². The van der Waals surface area contributed by atoms with Gasteiger partial charge in [-0.15, -0.1) is 0 Å². The number of hydrogen-bond donors (Lipinski definition) is 0. The van der Waals surface area contributed by atoms with Gasteiger partial charge in [-0.2, -0.15) is 5.10 Å². The average molecular weight is 353 g/mol. The normalized spacial score (nSPS) is 20.8. The fourth-order valence-electron chi connectivity index (χ4n) is 4.24. The first kappa shape index (κ1) is 17.3. The molecule has 0 saturated carbocycles. The Balaban J connectivity index is 1.65. The van der Waals surface area contributed by atoms with Gasteiger partial charge in [-0.3, -0.25) is 9.48 Å². The topological polar surface area (TPSA) is 47.4 Å². The Bertz CT molecular complexity index is 792. The molecule has 0 bridgehead atoms. The van der Waals surface area contributed by atoms with Crippen molar-refractivity contribution in [2.75, 3.05) is 19.8 Å². The number of benzene rings is 1. The molecule has 2 aliphatic heterocycles. The van der Waals surface area contributed by atoms with E-state index in [0.717, 1.165) is 56.8 Å². The maximum Gasteiger partial charge on any atom is 0.257 e. The molecule has 1 aromatic heterocycles. The Kier molecular flexibility index (Phi) is 4.81. The highest BCUT2D eigenvalue weighted by Gasteiger charge is 2.32. The summed E-state index contributed by atoms with van der Waals surface area (Å²) in [7, 11) is 0. The fraction of sp³-hybridized carbons (Fsp3) is 0.524. The van der Waals surface area contributed by atoms with Crippen molar-refractivity contribution >= 4 is 5.91 Å². The molecule has 4 rings (SSSR count). The van der Waals surface area contributed by atoms with Gasteiger partial charge in [0.2, 0.25) is 0 Å². The van der Waals surface area contributed by atoms with Crippen molar-refractivity contribution < 1.29 is 9.53 Å². The molecule has 1 unspecified atom stereocenters. The van der Waals surface area contributed by atoms with Crippen molar-refractivity contribution in [2.24, 2.45) is 0 Å².